The Balaban J connectivity index is 2.72. The second kappa shape index (κ2) is 6.54. The molecule has 16 heavy (non-hydrogen) atoms. The van der Waals surface area contributed by atoms with E-state index in [9.17, 15) is 4.79 Å². The topological polar surface area (TPSA) is 29.1 Å². The fraction of sp³-hybridized carbons (Fsp3) is 0.462. The first-order chi connectivity index (χ1) is 7.69. The third-order valence-electron chi connectivity index (χ3n) is 2.56. The number of carbonyl (C=O) groups excluding carboxylic acids is 1. The standard InChI is InChI=1S/C13H18ClNO/c1-3-11-6-4-5-7-12(11)13(16)15-10(2)8-9-14/h4-7,10H,3,8-9H2,1-2H3,(H,15,16). The van der Waals surface area contributed by atoms with Crippen molar-refractivity contribution in [2.75, 3.05) is 5.88 Å². The van der Waals surface area contributed by atoms with Crippen LogP contribution in [0.3, 0.4) is 0 Å². The Hall–Kier alpha value is -1.02. The van der Waals surface area contributed by atoms with Gasteiger partial charge in [0.1, 0.15) is 0 Å². The Morgan fingerprint density at radius 1 is 1.44 bits per heavy atom. The number of amides is 1. The van der Waals surface area contributed by atoms with E-state index in [1.807, 2.05) is 38.1 Å². The van der Waals surface area contributed by atoms with Gasteiger partial charge >= 0.3 is 0 Å². The number of carbonyl (C=O) groups is 1. The van der Waals surface area contributed by atoms with Gasteiger partial charge in [0, 0.05) is 17.5 Å². The molecule has 0 saturated heterocycles. The number of halogens is 1. The van der Waals surface area contributed by atoms with Crippen molar-refractivity contribution in [3.63, 3.8) is 0 Å². The first kappa shape index (κ1) is 13.0. The molecule has 0 radical (unpaired) electrons. The van der Waals surface area contributed by atoms with Crippen LogP contribution in [-0.2, 0) is 6.42 Å². The number of nitrogens with one attached hydrogen (secondary N) is 1. The Kier molecular flexibility index (Phi) is 5.33. The highest BCUT2D eigenvalue weighted by molar-refractivity contribution is 6.17. The molecule has 3 heteroatoms. The van der Waals surface area contributed by atoms with Gasteiger partial charge in [-0.05, 0) is 31.4 Å². The van der Waals surface area contributed by atoms with Crippen LogP contribution in [0.2, 0.25) is 0 Å². The molecule has 0 spiro atoms. The van der Waals surface area contributed by atoms with Gasteiger partial charge in [0.25, 0.3) is 5.91 Å². The van der Waals surface area contributed by atoms with Crippen molar-refractivity contribution in [1.29, 1.82) is 0 Å². The molecule has 1 N–H and O–H groups in total. The molecule has 0 aliphatic carbocycles. The van der Waals surface area contributed by atoms with E-state index in [1.165, 1.54) is 0 Å². The summed E-state index contributed by atoms with van der Waals surface area (Å²) in [6, 6.07) is 7.82. The molecule has 0 saturated carbocycles. The van der Waals surface area contributed by atoms with Gasteiger partial charge in [-0.1, -0.05) is 25.1 Å². The van der Waals surface area contributed by atoms with E-state index in [0.717, 1.165) is 24.0 Å². The van der Waals surface area contributed by atoms with Gasteiger partial charge in [-0.2, -0.15) is 0 Å². The minimum absolute atomic E-state index is 0.00457. The lowest BCUT2D eigenvalue weighted by Gasteiger charge is -2.14. The molecule has 1 rings (SSSR count). The van der Waals surface area contributed by atoms with E-state index in [4.69, 9.17) is 11.6 Å². The molecule has 0 aliphatic rings. The summed E-state index contributed by atoms with van der Waals surface area (Å²) in [4.78, 5) is 12.0. The van der Waals surface area contributed by atoms with Crippen LogP contribution in [0.25, 0.3) is 0 Å². The molecule has 0 aromatic heterocycles. The van der Waals surface area contributed by atoms with Crippen LogP contribution in [0.1, 0.15) is 36.2 Å². The zero-order valence-electron chi connectivity index (χ0n) is 9.79. The van der Waals surface area contributed by atoms with Crippen molar-refractivity contribution in [2.45, 2.75) is 32.7 Å². The van der Waals surface area contributed by atoms with Crippen LogP contribution in [-0.4, -0.2) is 17.8 Å². The molecule has 0 fully saturated rings. The largest absolute Gasteiger partial charge is 0.350 e. The summed E-state index contributed by atoms with van der Waals surface area (Å²) in [5, 5.41) is 2.95. The molecule has 1 aromatic carbocycles. The zero-order chi connectivity index (χ0) is 12.0. The first-order valence-corrected chi connectivity index (χ1v) is 6.17. The van der Waals surface area contributed by atoms with Crippen LogP contribution in [0.4, 0.5) is 0 Å². The van der Waals surface area contributed by atoms with E-state index in [-0.39, 0.29) is 11.9 Å². The molecule has 1 unspecified atom stereocenters. The number of hydrogen-bond acceptors (Lipinski definition) is 1. The average Bonchev–Trinajstić information content (AvgIpc) is 2.29. The molecular weight excluding hydrogens is 222 g/mol. The van der Waals surface area contributed by atoms with Gasteiger partial charge in [-0.15, -0.1) is 11.6 Å². The predicted octanol–water partition coefficient (Wildman–Crippen LogP) is 3.00. The van der Waals surface area contributed by atoms with E-state index >= 15 is 0 Å². The van der Waals surface area contributed by atoms with Crippen LogP contribution in [0.5, 0.6) is 0 Å². The predicted molar refractivity (Wildman–Crippen MR) is 68.1 cm³/mol. The number of aryl methyl sites for hydroxylation is 1. The Labute approximate surface area is 102 Å². The molecule has 0 heterocycles. The maximum Gasteiger partial charge on any atom is 0.251 e. The molecule has 1 aromatic rings. The normalized spacial score (nSPS) is 12.2. The molecule has 2 nitrogen and oxygen atoms in total. The van der Waals surface area contributed by atoms with Crippen molar-refractivity contribution >= 4 is 17.5 Å². The van der Waals surface area contributed by atoms with Gasteiger partial charge in [-0.25, -0.2) is 0 Å². The number of benzene rings is 1. The lowest BCUT2D eigenvalue weighted by molar-refractivity contribution is 0.0938. The van der Waals surface area contributed by atoms with E-state index in [1.54, 1.807) is 0 Å². The van der Waals surface area contributed by atoms with Crippen LogP contribution < -0.4 is 5.32 Å². The first-order valence-electron chi connectivity index (χ1n) is 5.63. The van der Waals surface area contributed by atoms with Crippen LogP contribution in [0.15, 0.2) is 24.3 Å². The smallest absolute Gasteiger partial charge is 0.251 e. The molecule has 1 amide bonds. The summed E-state index contributed by atoms with van der Waals surface area (Å²) in [6.45, 7) is 4.02. The SMILES string of the molecule is CCc1ccccc1C(=O)NC(C)CCCl. The van der Waals surface area contributed by atoms with Gasteiger partial charge in [0.2, 0.25) is 0 Å². The zero-order valence-corrected chi connectivity index (χ0v) is 10.6. The lowest BCUT2D eigenvalue weighted by atomic mass is 10.0. The van der Waals surface area contributed by atoms with Gasteiger partial charge in [0.15, 0.2) is 0 Å². The van der Waals surface area contributed by atoms with E-state index in [2.05, 4.69) is 5.32 Å². The van der Waals surface area contributed by atoms with Crippen molar-refractivity contribution in [2.24, 2.45) is 0 Å². The minimum Gasteiger partial charge on any atom is -0.350 e. The molecule has 0 aliphatic heterocycles. The summed E-state index contributed by atoms with van der Waals surface area (Å²) in [5.41, 5.74) is 1.85. The van der Waals surface area contributed by atoms with Gasteiger partial charge in [-0.3, -0.25) is 4.79 Å². The average molecular weight is 240 g/mol. The highest BCUT2D eigenvalue weighted by Crippen LogP contribution is 2.09. The minimum atomic E-state index is -0.00457. The van der Waals surface area contributed by atoms with Crippen molar-refractivity contribution in [3.05, 3.63) is 35.4 Å². The monoisotopic (exact) mass is 239 g/mol. The fourth-order valence-corrected chi connectivity index (χ4v) is 1.91. The number of alkyl halides is 1. The Morgan fingerprint density at radius 2 is 2.12 bits per heavy atom. The van der Waals surface area contributed by atoms with Crippen molar-refractivity contribution < 1.29 is 4.79 Å². The van der Waals surface area contributed by atoms with Gasteiger partial charge < -0.3 is 5.32 Å². The van der Waals surface area contributed by atoms with Crippen LogP contribution in [0, 0.1) is 0 Å². The summed E-state index contributed by atoms with van der Waals surface area (Å²) in [7, 11) is 0. The molecule has 88 valence electrons. The fourth-order valence-electron chi connectivity index (χ4n) is 1.59. The van der Waals surface area contributed by atoms with Crippen molar-refractivity contribution in [3.8, 4) is 0 Å². The molecule has 1 atom stereocenters. The number of rotatable bonds is 5. The highest BCUT2D eigenvalue weighted by Gasteiger charge is 2.11. The van der Waals surface area contributed by atoms with E-state index < -0.39 is 0 Å². The quantitative estimate of drug-likeness (QED) is 0.787. The third kappa shape index (κ3) is 3.53. The summed E-state index contributed by atoms with van der Waals surface area (Å²) in [6.07, 6.45) is 1.66. The Morgan fingerprint density at radius 3 is 2.75 bits per heavy atom. The third-order valence-corrected chi connectivity index (χ3v) is 2.78. The van der Waals surface area contributed by atoms with Crippen molar-refractivity contribution in [1.82, 2.24) is 5.32 Å². The lowest BCUT2D eigenvalue weighted by Crippen LogP contribution is -2.33. The summed E-state index contributed by atoms with van der Waals surface area (Å²) in [5.74, 6) is 0.562. The summed E-state index contributed by atoms with van der Waals surface area (Å²) >= 11 is 5.63. The van der Waals surface area contributed by atoms with E-state index in [0.29, 0.717) is 5.88 Å². The second-order valence-electron chi connectivity index (χ2n) is 3.86. The van der Waals surface area contributed by atoms with Gasteiger partial charge in [0.05, 0.1) is 0 Å². The second-order valence-corrected chi connectivity index (χ2v) is 4.24. The summed E-state index contributed by atoms with van der Waals surface area (Å²) < 4.78 is 0. The van der Waals surface area contributed by atoms with Crippen LogP contribution >= 0.6 is 11.6 Å². The maximum absolute atomic E-state index is 12.0. The Bertz CT molecular complexity index is 352. The number of hydrogen-bond donors (Lipinski definition) is 1. The molecule has 0 bridgehead atoms. The highest BCUT2D eigenvalue weighted by atomic mass is 35.5. The maximum atomic E-state index is 12.0. The molecular formula is C13H18ClNO.